The Balaban J connectivity index is 2.27. The van der Waals surface area contributed by atoms with Gasteiger partial charge in [0.15, 0.2) is 11.5 Å². The summed E-state index contributed by atoms with van der Waals surface area (Å²) in [6.45, 7) is 1.84. The van der Waals surface area contributed by atoms with Gasteiger partial charge in [0.05, 0.1) is 12.7 Å². The lowest BCUT2D eigenvalue weighted by Crippen LogP contribution is -2.37. The van der Waals surface area contributed by atoms with E-state index in [-0.39, 0.29) is 19.1 Å². The molecule has 0 aliphatic carbocycles. The summed E-state index contributed by atoms with van der Waals surface area (Å²) >= 11 is 0. The van der Waals surface area contributed by atoms with Crippen LogP contribution in [0.1, 0.15) is 12.5 Å². The second-order valence-corrected chi connectivity index (χ2v) is 4.55. The van der Waals surface area contributed by atoms with Crippen molar-refractivity contribution >= 4 is 18.0 Å². The van der Waals surface area contributed by atoms with Gasteiger partial charge in [0.1, 0.15) is 13.2 Å². The highest BCUT2D eigenvalue weighted by Gasteiger charge is 2.24. The summed E-state index contributed by atoms with van der Waals surface area (Å²) in [5.41, 5.74) is 1.18. The number of carbonyl (C=O) groups excluding carboxylic acids is 1. The van der Waals surface area contributed by atoms with Crippen LogP contribution in [-0.4, -0.2) is 48.7 Å². The molecule has 0 fully saturated rings. The van der Waals surface area contributed by atoms with E-state index in [1.807, 2.05) is 6.07 Å². The van der Waals surface area contributed by atoms with E-state index < -0.39 is 5.97 Å². The van der Waals surface area contributed by atoms with Gasteiger partial charge in [-0.1, -0.05) is 12.1 Å². The molecule has 1 aromatic carbocycles. The van der Waals surface area contributed by atoms with Crippen LogP contribution in [0.5, 0.6) is 11.5 Å². The van der Waals surface area contributed by atoms with Gasteiger partial charge in [0.25, 0.3) is 5.91 Å². The standard InChI is InChI=1S/C15H17NO5/c1-3-16(8-13(17)18)15(19)11-7-10-5-4-6-12(20-2)14(10)21-9-11/h4-7H,3,8-9H2,1-2H3,(H,17,18). The molecule has 1 aliphatic heterocycles. The van der Waals surface area contributed by atoms with Gasteiger partial charge in [0.2, 0.25) is 0 Å². The summed E-state index contributed by atoms with van der Waals surface area (Å²) in [5.74, 6) is -0.163. The number of fused-ring (bicyclic) bond motifs is 1. The number of carboxylic acid groups (broad SMARTS) is 1. The van der Waals surface area contributed by atoms with E-state index >= 15 is 0 Å². The fourth-order valence-electron chi connectivity index (χ4n) is 2.16. The molecular weight excluding hydrogens is 274 g/mol. The lowest BCUT2D eigenvalue weighted by molar-refractivity contribution is -0.143. The molecule has 112 valence electrons. The van der Waals surface area contributed by atoms with E-state index in [1.165, 1.54) is 4.90 Å². The Kier molecular flexibility index (Phi) is 4.47. The summed E-state index contributed by atoms with van der Waals surface area (Å²) in [4.78, 5) is 24.4. The van der Waals surface area contributed by atoms with Gasteiger partial charge >= 0.3 is 5.97 Å². The Morgan fingerprint density at radius 1 is 1.43 bits per heavy atom. The van der Waals surface area contributed by atoms with E-state index in [1.54, 1.807) is 32.2 Å². The first kappa shape index (κ1) is 14.9. The van der Waals surface area contributed by atoms with E-state index in [0.29, 0.717) is 23.6 Å². The second-order valence-electron chi connectivity index (χ2n) is 4.55. The number of carboxylic acids is 1. The maximum atomic E-state index is 12.3. The van der Waals surface area contributed by atoms with E-state index in [9.17, 15) is 9.59 Å². The molecule has 0 unspecified atom stereocenters. The number of rotatable bonds is 5. The molecule has 1 aliphatic rings. The third-order valence-corrected chi connectivity index (χ3v) is 3.20. The molecule has 0 atom stereocenters. The maximum Gasteiger partial charge on any atom is 0.323 e. The quantitative estimate of drug-likeness (QED) is 0.887. The Bertz CT molecular complexity index is 594. The summed E-state index contributed by atoms with van der Waals surface area (Å²) in [6.07, 6.45) is 1.72. The minimum Gasteiger partial charge on any atom is -0.493 e. The first-order valence-corrected chi connectivity index (χ1v) is 6.58. The number of methoxy groups -OCH3 is 1. The average Bonchev–Trinajstić information content (AvgIpc) is 2.50. The first-order valence-electron chi connectivity index (χ1n) is 6.58. The Labute approximate surface area is 122 Å². The van der Waals surface area contributed by atoms with Crippen LogP contribution in [0.25, 0.3) is 6.08 Å². The fraction of sp³-hybridized carbons (Fsp3) is 0.333. The lowest BCUT2D eigenvalue weighted by atomic mass is 10.1. The highest BCUT2D eigenvalue weighted by Crippen LogP contribution is 2.35. The topological polar surface area (TPSA) is 76.1 Å². The number of benzene rings is 1. The van der Waals surface area contributed by atoms with Crippen LogP contribution in [0, 0.1) is 0 Å². The molecule has 1 N–H and O–H groups in total. The molecular formula is C15H17NO5. The monoisotopic (exact) mass is 291 g/mol. The zero-order valence-electron chi connectivity index (χ0n) is 12.0. The van der Waals surface area contributed by atoms with Crippen LogP contribution in [0.3, 0.4) is 0 Å². The molecule has 1 amide bonds. The van der Waals surface area contributed by atoms with Crippen molar-refractivity contribution < 1.29 is 24.2 Å². The van der Waals surface area contributed by atoms with Crippen LogP contribution in [-0.2, 0) is 9.59 Å². The normalized spacial score (nSPS) is 12.8. The van der Waals surface area contributed by atoms with Crippen LogP contribution in [0.4, 0.5) is 0 Å². The van der Waals surface area contributed by atoms with Crippen molar-refractivity contribution in [3.8, 4) is 11.5 Å². The zero-order valence-corrected chi connectivity index (χ0v) is 12.0. The maximum absolute atomic E-state index is 12.3. The molecule has 21 heavy (non-hydrogen) atoms. The second kappa shape index (κ2) is 6.30. The summed E-state index contributed by atoms with van der Waals surface area (Å²) < 4.78 is 10.8. The fourth-order valence-corrected chi connectivity index (χ4v) is 2.16. The Morgan fingerprint density at radius 2 is 2.19 bits per heavy atom. The molecule has 6 heteroatoms. The van der Waals surface area contributed by atoms with Crippen LogP contribution in [0.2, 0.25) is 0 Å². The van der Waals surface area contributed by atoms with Crippen molar-refractivity contribution in [1.82, 2.24) is 4.90 Å². The third-order valence-electron chi connectivity index (χ3n) is 3.20. The smallest absolute Gasteiger partial charge is 0.323 e. The van der Waals surface area contributed by atoms with Gasteiger partial charge in [-0.15, -0.1) is 0 Å². The molecule has 0 bridgehead atoms. The van der Waals surface area contributed by atoms with Crippen molar-refractivity contribution in [2.24, 2.45) is 0 Å². The molecule has 0 saturated carbocycles. The predicted octanol–water partition coefficient (Wildman–Crippen LogP) is 1.40. The van der Waals surface area contributed by atoms with Gasteiger partial charge in [-0.3, -0.25) is 9.59 Å². The minimum absolute atomic E-state index is 0.0995. The van der Waals surface area contributed by atoms with Crippen molar-refractivity contribution in [3.63, 3.8) is 0 Å². The number of likely N-dealkylation sites (N-methyl/N-ethyl adjacent to an activating group) is 1. The third kappa shape index (κ3) is 3.16. The first-order chi connectivity index (χ1) is 10.1. The van der Waals surface area contributed by atoms with Crippen LogP contribution in [0.15, 0.2) is 23.8 Å². The number of ether oxygens (including phenoxy) is 2. The van der Waals surface area contributed by atoms with Crippen molar-refractivity contribution in [3.05, 3.63) is 29.3 Å². The van der Waals surface area contributed by atoms with Gasteiger partial charge in [-0.05, 0) is 19.1 Å². The number of para-hydroxylation sites is 1. The van der Waals surface area contributed by atoms with Crippen molar-refractivity contribution in [2.45, 2.75) is 6.92 Å². The van der Waals surface area contributed by atoms with Gasteiger partial charge < -0.3 is 19.5 Å². The lowest BCUT2D eigenvalue weighted by Gasteiger charge is -2.24. The largest absolute Gasteiger partial charge is 0.493 e. The molecule has 2 rings (SSSR count). The van der Waals surface area contributed by atoms with E-state index in [4.69, 9.17) is 14.6 Å². The molecule has 6 nitrogen and oxygen atoms in total. The number of hydrogen-bond acceptors (Lipinski definition) is 4. The number of amides is 1. The van der Waals surface area contributed by atoms with Crippen LogP contribution < -0.4 is 9.47 Å². The average molecular weight is 291 g/mol. The van der Waals surface area contributed by atoms with Gasteiger partial charge in [-0.25, -0.2) is 0 Å². The number of nitrogens with zero attached hydrogens (tertiary/aromatic N) is 1. The van der Waals surface area contributed by atoms with E-state index in [2.05, 4.69) is 0 Å². The summed E-state index contributed by atoms with van der Waals surface area (Å²) in [7, 11) is 1.55. The molecule has 0 spiro atoms. The SMILES string of the molecule is CCN(CC(=O)O)C(=O)C1=Cc2cccc(OC)c2OC1. The summed E-state index contributed by atoms with van der Waals surface area (Å²) in [5, 5.41) is 8.83. The zero-order chi connectivity index (χ0) is 15.4. The van der Waals surface area contributed by atoms with E-state index in [0.717, 1.165) is 5.56 Å². The predicted molar refractivity (Wildman–Crippen MR) is 76.4 cm³/mol. The number of aliphatic carboxylic acids is 1. The summed E-state index contributed by atoms with van der Waals surface area (Å²) in [6, 6.07) is 5.40. The van der Waals surface area contributed by atoms with Crippen molar-refractivity contribution in [1.29, 1.82) is 0 Å². The molecule has 0 saturated heterocycles. The number of hydrogen-bond donors (Lipinski definition) is 1. The molecule has 0 aromatic heterocycles. The Hall–Kier alpha value is -2.50. The van der Waals surface area contributed by atoms with Crippen LogP contribution >= 0.6 is 0 Å². The molecule has 0 radical (unpaired) electrons. The van der Waals surface area contributed by atoms with Crippen molar-refractivity contribution in [2.75, 3.05) is 26.8 Å². The Morgan fingerprint density at radius 3 is 2.81 bits per heavy atom. The highest BCUT2D eigenvalue weighted by atomic mass is 16.5. The van der Waals surface area contributed by atoms with Gasteiger partial charge in [-0.2, -0.15) is 0 Å². The minimum atomic E-state index is -1.04. The molecule has 1 heterocycles. The van der Waals surface area contributed by atoms with Gasteiger partial charge in [0, 0.05) is 12.1 Å². The highest BCUT2D eigenvalue weighted by molar-refractivity contribution is 6.00. The molecule has 1 aromatic rings. The number of carbonyl (C=O) groups is 2.